The SMILES string of the molecule is Nc1cccc2c1CN(Cc1cccc(F)c1Br)C2. The van der Waals surface area contributed by atoms with Gasteiger partial charge in [-0.3, -0.25) is 4.90 Å². The van der Waals surface area contributed by atoms with Crippen molar-refractivity contribution in [2.24, 2.45) is 0 Å². The maximum Gasteiger partial charge on any atom is 0.137 e. The summed E-state index contributed by atoms with van der Waals surface area (Å²) in [6, 6.07) is 11.2. The number of nitrogens with two attached hydrogens (primary N) is 1. The summed E-state index contributed by atoms with van der Waals surface area (Å²) < 4.78 is 14.0. The summed E-state index contributed by atoms with van der Waals surface area (Å²) in [5.41, 5.74) is 10.3. The zero-order valence-electron chi connectivity index (χ0n) is 10.4. The Bertz CT molecular complexity index is 628. The molecule has 2 aromatic rings. The molecule has 0 saturated heterocycles. The van der Waals surface area contributed by atoms with Crippen molar-refractivity contribution in [2.75, 3.05) is 5.73 Å². The van der Waals surface area contributed by atoms with Crippen LogP contribution in [-0.2, 0) is 19.6 Å². The Kier molecular flexibility index (Phi) is 3.29. The third-order valence-corrected chi connectivity index (χ3v) is 4.40. The van der Waals surface area contributed by atoms with Gasteiger partial charge in [0, 0.05) is 25.3 Å². The molecule has 0 aliphatic carbocycles. The van der Waals surface area contributed by atoms with Crippen LogP contribution in [0.5, 0.6) is 0 Å². The first-order valence-electron chi connectivity index (χ1n) is 6.16. The van der Waals surface area contributed by atoms with Crippen LogP contribution in [0, 0.1) is 5.82 Å². The highest BCUT2D eigenvalue weighted by atomic mass is 79.9. The van der Waals surface area contributed by atoms with E-state index in [1.165, 1.54) is 17.2 Å². The van der Waals surface area contributed by atoms with Gasteiger partial charge in [0.25, 0.3) is 0 Å². The quantitative estimate of drug-likeness (QED) is 0.855. The van der Waals surface area contributed by atoms with Crippen molar-refractivity contribution < 1.29 is 4.39 Å². The second kappa shape index (κ2) is 4.94. The second-order valence-corrected chi connectivity index (χ2v) is 5.64. The molecule has 1 aliphatic heterocycles. The van der Waals surface area contributed by atoms with Crippen molar-refractivity contribution in [3.63, 3.8) is 0 Å². The Morgan fingerprint density at radius 2 is 1.95 bits per heavy atom. The summed E-state index contributed by atoms with van der Waals surface area (Å²) in [7, 11) is 0. The second-order valence-electron chi connectivity index (χ2n) is 4.84. The van der Waals surface area contributed by atoms with Gasteiger partial charge in [-0.15, -0.1) is 0 Å². The van der Waals surface area contributed by atoms with Crippen molar-refractivity contribution in [2.45, 2.75) is 19.6 Å². The summed E-state index contributed by atoms with van der Waals surface area (Å²) in [6.07, 6.45) is 0. The van der Waals surface area contributed by atoms with E-state index in [1.807, 2.05) is 18.2 Å². The Hall–Kier alpha value is -1.39. The van der Waals surface area contributed by atoms with E-state index in [4.69, 9.17) is 5.73 Å². The summed E-state index contributed by atoms with van der Waals surface area (Å²) in [5.74, 6) is -0.214. The molecule has 2 N–H and O–H groups in total. The van der Waals surface area contributed by atoms with Crippen molar-refractivity contribution in [3.8, 4) is 0 Å². The van der Waals surface area contributed by atoms with Gasteiger partial charge in [-0.05, 0) is 44.8 Å². The third kappa shape index (κ3) is 2.38. The number of benzene rings is 2. The highest BCUT2D eigenvalue weighted by Gasteiger charge is 2.21. The number of nitrogen functional groups attached to an aromatic ring is 1. The highest BCUT2D eigenvalue weighted by Crippen LogP contribution is 2.30. The molecule has 0 fully saturated rings. The fraction of sp³-hybridized carbons (Fsp3) is 0.200. The Morgan fingerprint density at radius 1 is 1.16 bits per heavy atom. The van der Waals surface area contributed by atoms with Gasteiger partial charge in [0.2, 0.25) is 0 Å². The lowest BCUT2D eigenvalue weighted by atomic mass is 10.1. The lowest BCUT2D eigenvalue weighted by Crippen LogP contribution is -2.16. The zero-order chi connectivity index (χ0) is 13.4. The molecule has 0 spiro atoms. The molecule has 3 rings (SSSR count). The molecule has 2 aromatic carbocycles. The standard InChI is InChI=1S/C15H14BrFN2/c16-15-11(4-1-5-13(15)17)8-19-7-10-3-2-6-14(18)12(10)9-19/h1-6H,7-9,18H2. The maximum atomic E-state index is 13.5. The summed E-state index contributed by atoms with van der Waals surface area (Å²) in [5, 5.41) is 0. The van der Waals surface area contributed by atoms with Crippen LogP contribution in [0.3, 0.4) is 0 Å². The van der Waals surface area contributed by atoms with Gasteiger partial charge >= 0.3 is 0 Å². The average Bonchev–Trinajstić information content (AvgIpc) is 2.79. The van der Waals surface area contributed by atoms with Crippen LogP contribution in [0.25, 0.3) is 0 Å². The van der Waals surface area contributed by atoms with E-state index in [2.05, 4.69) is 26.9 Å². The first-order valence-corrected chi connectivity index (χ1v) is 6.96. The van der Waals surface area contributed by atoms with E-state index in [0.29, 0.717) is 11.0 Å². The van der Waals surface area contributed by atoms with E-state index < -0.39 is 0 Å². The van der Waals surface area contributed by atoms with Crippen LogP contribution < -0.4 is 5.73 Å². The molecule has 0 saturated carbocycles. The highest BCUT2D eigenvalue weighted by molar-refractivity contribution is 9.10. The number of fused-ring (bicyclic) bond motifs is 1. The van der Waals surface area contributed by atoms with E-state index in [1.54, 1.807) is 6.07 Å². The van der Waals surface area contributed by atoms with Crippen LogP contribution in [0.15, 0.2) is 40.9 Å². The van der Waals surface area contributed by atoms with Crippen LogP contribution in [0.4, 0.5) is 10.1 Å². The maximum absolute atomic E-state index is 13.5. The number of anilines is 1. The molecule has 0 radical (unpaired) electrons. The predicted molar refractivity (Wildman–Crippen MR) is 77.9 cm³/mol. The zero-order valence-corrected chi connectivity index (χ0v) is 12.0. The van der Waals surface area contributed by atoms with Crippen LogP contribution in [-0.4, -0.2) is 4.90 Å². The first-order chi connectivity index (χ1) is 9.15. The number of hydrogen-bond donors (Lipinski definition) is 1. The molecule has 0 atom stereocenters. The van der Waals surface area contributed by atoms with Crippen LogP contribution >= 0.6 is 15.9 Å². The minimum absolute atomic E-state index is 0.214. The fourth-order valence-electron chi connectivity index (χ4n) is 2.54. The number of hydrogen-bond acceptors (Lipinski definition) is 2. The summed E-state index contributed by atoms with van der Waals surface area (Å²) in [4.78, 5) is 2.26. The Balaban J connectivity index is 1.81. The molecule has 4 heteroatoms. The minimum atomic E-state index is -0.214. The van der Waals surface area contributed by atoms with Crippen molar-refractivity contribution in [3.05, 3.63) is 63.4 Å². The summed E-state index contributed by atoms with van der Waals surface area (Å²) in [6.45, 7) is 2.40. The molecule has 19 heavy (non-hydrogen) atoms. The molecule has 2 nitrogen and oxygen atoms in total. The molecule has 0 unspecified atom stereocenters. The van der Waals surface area contributed by atoms with Gasteiger partial charge in [-0.2, -0.15) is 0 Å². The van der Waals surface area contributed by atoms with E-state index >= 15 is 0 Å². The topological polar surface area (TPSA) is 29.3 Å². The van der Waals surface area contributed by atoms with Gasteiger partial charge in [0.15, 0.2) is 0 Å². The monoisotopic (exact) mass is 320 g/mol. The predicted octanol–water partition coefficient (Wildman–Crippen LogP) is 3.69. The lowest BCUT2D eigenvalue weighted by Gasteiger charge is -2.16. The Morgan fingerprint density at radius 3 is 2.74 bits per heavy atom. The Labute approximate surface area is 120 Å². The van der Waals surface area contributed by atoms with Crippen molar-refractivity contribution in [1.29, 1.82) is 0 Å². The van der Waals surface area contributed by atoms with E-state index in [0.717, 1.165) is 24.3 Å². The normalized spacial score (nSPS) is 14.6. The van der Waals surface area contributed by atoms with Crippen LogP contribution in [0.1, 0.15) is 16.7 Å². The van der Waals surface area contributed by atoms with Gasteiger partial charge < -0.3 is 5.73 Å². The fourth-order valence-corrected chi connectivity index (χ4v) is 2.93. The molecule has 1 heterocycles. The molecule has 98 valence electrons. The van der Waals surface area contributed by atoms with Gasteiger partial charge in [0.1, 0.15) is 5.82 Å². The summed E-state index contributed by atoms with van der Waals surface area (Å²) >= 11 is 3.31. The van der Waals surface area contributed by atoms with Crippen LogP contribution in [0.2, 0.25) is 0 Å². The molecular weight excluding hydrogens is 307 g/mol. The third-order valence-electron chi connectivity index (χ3n) is 3.51. The number of nitrogens with zero attached hydrogens (tertiary/aromatic N) is 1. The minimum Gasteiger partial charge on any atom is -0.398 e. The van der Waals surface area contributed by atoms with E-state index in [-0.39, 0.29) is 5.82 Å². The van der Waals surface area contributed by atoms with Gasteiger partial charge in [0.05, 0.1) is 4.47 Å². The number of rotatable bonds is 2. The first kappa shape index (κ1) is 12.6. The molecule has 0 bridgehead atoms. The van der Waals surface area contributed by atoms with E-state index in [9.17, 15) is 4.39 Å². The molecular formula is C15H14BrFN2. The molecule has 0 amide bonds. The van der Waals surface area contributed by atoms with Gasteiger partial charge in [-0.25, -0.2) is 4.39 Å². The van der Waals surface area contributed by atoms with Crippen molar-refractivity contribution >= 4 is 21.6 Å². The number of halogens is 2. The smallest absolute Gasteiger partial charge is 0.137 e. The van der Waals surface area contributed by atoms with Gasteiger partial charge in [-0.1, -0.05) is 24.3 Å². The average molecular weight is 321 g/mol. The largest absolute Gasteiger partial charge is 0.398 e. The lowest BCUT2D eigenvalue weighted by molar-refractivity contribution is 0.274. The molecule has 1 aliphatic rings. The van der Waals surface area contributed by atoms with Crippen molar-refractivity contribution in [1.82, 2.24) is 4.90 Å². The molecule has 0 aromatic heterocycles.